The fourth-order valence-corrected chi connectivity index (χ4v) is 4.77. The molecule has 0 aromatic carbocycles. The van der Waals surface area contributed by atoms with E-state index in [0.29, 0.717) is 18.3 Å². The second-order valence-corrected chi connectivity index (χ2v) is 7.25. The molecule has 23 heavy (non-hydrogen) atoms. The quantitative estimate of drug-likeness (QED) is 0.818. The number of carbonyl (C=O) groups is 1. The molecule has 3 N–H and O–H groups in total. The van der Waals surface area contributed by atoms with E-state index in [-0.39, 0.29) is 29.8 Å². The number of aromatic nitrogens is 1. The van der Waals surface area contributed by atoms with Crippen molar-refractivity contribution in [1.29, 1.82) is 0 Å². The maximum absolute atomic E-state index is 12.4. The van der Waals surface area contributed by atoms with Gasteiger partial charge in [0.25, 0.3) is 5.91 Å². The highest BCUT2D eigenvalue weighted by atomic mass is 35.5. The van der Waals surface area contributed by atoms with Crippen LogP contribution in [0, 0.1) is 5.41 Å². The molecule has 2 aliphatic rings. The fourth-order valence-electron chi connectivity index (χ4n) is 3.97. The molecule has 0 saturated heterocycles. The standard InChI is InChI=1S/C16H25N3O2S.ClH/c1-2-21-13-9-12(16(13)6-3-4-7-16)19-15(20)11-10-22-14(18-11)5-8-17;/h10,12-13H,2-9,17H2,1H3,(H,19,20);1H. The predicted molar refractivity (Wildman–Crippen MR) is 94.3 cm³/mol. The number of ether oxygens (including phenoxy) is 1. The number of hydrogen-bond acceptors (Lipinski definition) is 5. The molecule has 0 radical (unpaired) electrons. The minimum atomic E-state index is -0.0502. The molecule has 5 nitrogen and oxygen atoms in total. The van der Waals surface area contributed by atoms with Gasteiger partial charge < -0.3 is 15.8 Å². The van der Waals surface area contributed by atoms with Gasteiger partial charge in [-0.25, -0.2) is 4.98 Å². The summed E-state index contributed by atoms with van der Waals surface area (Å²) >= 11 is 1.51. The molecule has 2 fully saturated rings. The van der Waals surface area contributed by atoms with Crippen molar-refractivity contribution in [1.82, 2.24) is 10.3 Å². The van der Waals surface area contributed by atoms with Gasteiger partial charge in [-0.3, -0.25) is 4.79 Å². The Balaban J connectivity index is 0.00000192. The van der Waals surface area contributed by atoms with Crippen LogP contribution in [0.15, 0.2) is 5.38 Å². The molecule has 2 unspecified atom stereocenters. The van der Waals surface area contributed by atoms with Gasteiger partial charge in [-0.05, 0) is 32.7 Å². The zero-order valence-electron chi connectivity index (χ0n) is 13.5. The molecule has 1 aromatic heterocycles. The van der Waals surface area contributed by atoms with Crippen LogP contribution in [0.4, 0.5) is 0 Å². The van der Waals surface area contributed by atoms with Crippen LogP contribution in [-0.4, -0.2) is 36.2 Å². The Kier molecular flexibility index (Phi) is 6.42. The van der Waals surface area contributed by atoms with E-state index in [4.69, 9.17) is 10.5 Å². The van der Waals surface area contributed by atoms with E-state index in [1.54, 1.807) is 0 Å². The van der Waals surface area contributed by atoms with Crippen LogP contribution in [0.5, 0.6) is 0 Å². The SMILES string of the molecule is CCOC1CC(NC(=O)c2csc(CCN)n2)C12CCCC2.Cl. The molecule has 2 atom stereocenters. The van der Waals surface area contributed by atoms with Crippen molar-refractivity contribution < 1.29 is 9.53 Å². The summed E-state index contributed by atoms with van der Waals surface area (Å²) in [5.41, 5.74) is 6.23. The molecule has 7 heteroatoms. The van der Waals surface area contributed by atoms with Gasteiger partial charge in [0.05, 0.1) is 11.1 Å². The number of nitrogens with zero attached hydrogens (tertiary/aromatic N) is 1. The number of rotatable bonds is 6. The van der Waals surface area contributed by atoms with E-state index < -0.39 is 0 Å². The number of amides is 1. The molecular formula is C16H26ClN3O2S. The minimum Gasteiger partial charge on any atom is -0.378 e. The molecule has 0 aliphatic heterocycles. The number of halogens is 1. The first kappa shape index (κ1) is 18.6. The smallest absolute Gasteiger partial charge is 0.270 e. The van der Waals surface area contributed by atoms with Crippen LogP contribution >= 0.6 is 23.7 Å². The van der Waals surface area contributed by atoms with Crippen LogP contribution in [0.25, 0.3) is 0 Å². The number of thiazole rings is 1. The van der Waals surface area contributed by atoms with Gasteiger partial charge in [0.1, 0.15) is 5.69 Å². The van der Waals surface area contributed by atoms with E-state index >= 15 is 0 Å². The van der Waals surface area contributed by atoms with Gasteiger partial charge in [-0.1, -0.05) is 12.8 Å². The van der Waals surface area contributed by atoms with Gasteiger partial charge in [0.2, 0.25) is 0 Å². The normalized spacial score (nSPS) is 25.0. The van der Waals surface area contributed by atoms with Gasteiger partial charge >= 0.3 is 0 Å². The Labute approximate surface area is 147 Å². The number of nitrogens with one attached hydrogen (secondary N) is 1. The van der Waals surface area contributed by atoms with E-state index in [1.165, 1.54) is 24.2 Å². The average molecular weight is 360 g/mol. The lowest BCUT2D eigenvalue weighted by atomic mass is 9.60. The molecule has 2 aliphatic carbocycles. The largest absolute Gasteiger partial charge is 0.378 e. The van der Waals surface area contributed by atoms with E-state index in [0.717, 1.165) is 37.3 Å². The predicted octanol–water partition coefficient (Wildman–Crippen LogP) is 2.53. The zero-order valence-corrected chi connectivity index (χ0v) is 15.2. The van der Waals surface area contributed by atoms with E-state index in [9.17, 15) is 4.79 Å². The van der Waals surface area contributed by atoms with Crippen molar-refractivity contribution in [3.05, 3.63) is 16.1 Å². The Morgan fingerprint density at radius 3 is 2.91 bits per heavy atom. The van der Waals surface area contributed by atoms with Crippen molar-refractivity contribution in [2.45, 2.75) is 57.6 Å². The van der Waals surface area contributed by atoms with Crippen LogP contribution in [-0.2, 0) is 11.2 Å². The van der Waals surface area contributed by atoms with Gasteiger partial charge in [0.15, 0.2) is 0 Å². The summed E-state index contributed by atoms with van der Waals surface area (Å²) in [4.78, 5) is 16.8. The van der Waals surface area contributed by atoms with E-state index in [2.05, 4.69) is 10.3 Å². The summed E-state index contributed by atoms with van der Waals surface area (Å²) in [5, 5.41) is 5.97. The summed E-state index contributed by atoms with van der Waals surface area (Å²) in [5.74, 6) is -0.0502. The van der Waals surface area contributed by atoms with Crippen molar-refractivity contribution in [3.8, 4) is 0 Å². The Morgan fingerprint density at radius 2 is 2.26 bits per heavy atom. The third-order valence-corrected chi connectivity index (χ3v) is 6.04. The van der Waals surface area contributed by atoms with Gasteiger partial charge in [-0.15, -0.1) is 23.7 Å². The molecule has 0 bridgehead atoms. The summed E-state index contributed by atoms with van der Waals surface area (Å²) in [7, 11) is 0. The summed E-state index contributed by atoms with van der Waals surface area (Å²) in [6.45, 7) is 3.36. The fraction of sp³-hybridized carbons (Fsp3) is 0.750. The topological polar surface area (TPSA) is 77.2 Å². The molecule has 1 spiro atoms. The second kappa shape index (κ2) is 7.92. The molecule has 3 rings (SSSR count). The first-order valence-electron chi connectivity index (χ1n) is 8.26. The molecular weight excluding hydrogens is 334 g/mol. The minimum absolute atomic E-state index is 0. The Morgan fingerprint density at radius 1 is 1.52 bits per heavy atom. The van der Waals surface area contributed by atoms with Crippen LogP contribution in [0.2, 0.25) is 0 Å². The summed E-state index contributed by atoms with van der Waals surface area (Å²) < 4.78 is 5.89. The molecule has 2 saturated carbocycles. The number of nitrogens with two attached hydrogens (primary N) is 1. The summed E-state index contributed by atoms with van der Waals surface area (Å²) in [6, 6.07) is 0.235. The Hall–Kier alpha value is -0.690. The monoisotopic (exact) mass is 359 g/mol. The average Bonchev–Trinajstić information content (AvgIpc) is 3.17. The number of carbonyl (C=O) groups excluding carboxylic acids is 1. The first-order valence-corrected chi connectivity index (χ1v) is 9.14. The third-order valence-electron chi connectivity index (χ3n) is 5.14. The second-order valence-electron chi connectivity index (χ2n) is 6.31. The summed E-state index contributed by atoms with van der Waals surface area (Å²) in [6.07, 6.45) is 6.79. The van der Waals surface area contributed by atoms with Crippen LogP contribution in [0.3, 0.4) is 0 Å². The molecule has 130 valence electrons. The highest BCUT2D eigenvalue weighted by Gasteiger charge is 2.57. The third kappa shape index (κ3) is 3.55. The Bertz CT molecular complexity index is 531. The van der Waals surface area contributed by atoms with Crippen LogP contribution in [0.1, 0.15) is 54.5 Å². The van der Waals surface area contributed by atoms with Crippen molar-refractivity contribution in [2.75, 3.05) is 13.2 Å². The van der Waals surface area contributed by atoms with E-state index in [1.807, 2.05) is 12.3 Å². The van der Waals surface area contributed by atoms with Gasteiger partial charge in [-0.2, -0.15) is 0 Å². The lowest BCUT2D eigenvalue weighted by Gasteiger charge is -2.54. The maximum Gasteiger partial charge on any atom is 0.270 e. The van der Waals surface area contributed by atoms with Crippen molar-refractivity contribution >= 4 is 29.7 Å². The number of hydrogen-bond donors (Lipinski definition) is 2. The zero-order chi connectivity index (χ0) is 15.6. The highest BCUT2D eigenvalue weighted by molar-refractivity contribution is 7.09. The van der Waals surface area contributed by atoms with Gasteiger partial charge in [0, 0.05) is 29.9 Å². The van der Waals surface area contributed by atoms with Crippen molar-refractivity contribution in [3.63, 3.8) is 0 Å². The van der Waals surface area contributed by atoms with Crippen LogP contribution < -0.4 is 11.1 Å². The molecule has 1 aromatic rings. The lowest BCUT2D eigenvalue weighted by Crippen LogP contribution is -2.63. The highest BCUT2D eigenvalue weighted by Crippen LogP contribution is 2.54. The van der Waals surface area contributed by atoms with Crippen molar-refractivity contribution in [2.24, 2.45) is 11.1 Å². The molecule has 1 amide bonds. The molecule has 1 heterocycles. The lowest BCUT2D eigenvalue weighted by molar-refractivity contribution is -0.127. The maximum atomic E-state index is 12.4. The first-order chi connectivity index (χ1) is 10.7.